The fourth-order valence-corrected chi connectivity index (χ4v) is 2.59. The van der Waals surface area contributed by atoms with E-state index in [0.29, 0.717) is 5.75 Å². The minimum Gasteiger partial charge on any atom is -0.504 e. The van der Waals surface area contributed by atoms with Gasteiger partial charge in [-0.25, -0.2) is 5.43 Å². The Morgan fingerprint density at radius 1 is 1.56 bits per heavy atom. The number of rotatable bonds is 3. The molecule has 96 valence electrons. The van der Waals surface area contributed by atoms with Crippen LogP contribution in [0.15, 0.2) is 23.3 Å². The third kappa shape index (κ3) is 2.43. The molecular weight excluding hydrogens is 252 g/mol. The van der Waals surface area contributed by atoms with E-state index in [1.54, 1.807) is 12.1 Å². The first kappa shape index (κ1) is 12.8. The van der Waals surface area contributed by atoms with Crippen LogP contribution < -0.4 is 10.2 Å². The normalized spacial score (nSPS) is 19.1. The summed E-state index contributed by atoms with van der Waals surface area (Å²) in [4.78, 5) is 11.3. The van der Waals surface area contributed by atoms with Crippen LogP contribution in [0.5, 0.6) is 11.5 Å². The minimum absolute atomic E-state index is 0.00606. The first-order valence-corrected chi connectivity index (χ1v) is 6.45. The van der Waals surface area contributed by atoms with Crippen LogP contribution in [0.4, 0.5) is 4.79 Å². The Morgan fingerprint density at radius 2 is 2.33 bits per heavy atom. The molecular formula is C12H14N2O3S. The third-order valence-corrected chi connectivity index (χ3v) is 3.81. The van der Waals surface area contributed by atoms with Gasteiger partial charge in [-0.3, -0.25) is 4.79 Å². The zero-order valence-corrected chi connectivity index (χ0v) is 11.0. The van der Waals surface area contributed by atoms with Gasteiger partial charge in [-0.2, -0.15) is 5.10 Å². The van der Waals surface area contributed by atoms with Crippen molar-refractivity contribution >= 4 is 22.7 Å². The largest absolute Gasteiger partial charge is 0.504 e. The Morgan fingerprint density at radius 3 is 2.94 bits per heavy atom. The van der Waals surface area contributed by atoms with Crippen molar-refractivity contribution in [2.75, 3.05) is 7.11 Å². The Bertz CT molecular complexity index is 502. The van der Waals surface area contributed by atoms with Crippen molar-refractivity contribution in [2.45, 2.75) is 18.6 Å². The summed E-state index contributed by atoms with van der Waals surface area (Å²) < 4.78 is 4.99. The second-order valence-corrected chi connectivity index (χ2v) is 4.97. The molecule has 0 aliphatic carbocycles. The summed E-state index contributed by atoms with van der Waals surface area (Å²) in [5, 5.41) is 13.7. The molecule has 2 rings (SSSR count). The van der Waals surface area contributed by atoms with Crippen LogP contribution in [0.1, 0.15) is 18.9 Å². The second kappa shape index (κ2) is 5.30. The summed E-state index contributed by atoms with van der Waals surface area (Å²) >= 11 is 1.21. The van der Waals surface area contributed by atoms with Gasteiger partial charge in [-0.1, -0.05) is 18.7 Å². The molecule has 18 heavy (non-hydrogen) atoms. The maximum absolute atomic E-state index is 11.3. The van der Waals surface area contributed by atoms with Gasteiger partial charge < -0.3 is 9.84 Å². The maximum atomic E-state index is 11.3. The van der Waals surface area contributed by atoms with Crippen LogP contribution in [0.2, 0.25) is 0 Å². The predicted molar refractivity (Wildman–Crippen MR) is 71.4 cm³/mol. The molecule has 1 aromatic rings. The lowest BCUT2D eigenvalue weighted by atomic mass is 10.0. The number of amides is 1. The average molecular weight is 266 g/mol. The van der Waals surface area contributed by atoms with Gasteiger partial charge in [0.05, 0.1) is 18.1 Å². The molecule has 0 radical (unpaired) electrons. The minimum atomic E-state index is -0.150. The molecule has 6 heteroatoms. The van der Waals surface area contributed by atoms with Crippen LogP contribution in [-0.4, -0.2) is 28.4 Å². The number of nitrogens with zero attached hydrogens (tertiary/aromatic N) is 1. The van der Waals surface area contributed by atoms with Crippen LogP contribution in [0.25, 0.3) is 0 Å². The molecule has 0 spiro atoms. The van der Waals surface area contributed by atoms with Crippen molar-refractivity contribution in [3.05, 3.63) is 23.8 Å². The Balaban J connectivity index is 2.35. The van der Waals surface area contributed by atoms with E-state index in [1.165, 1.54) is 18.9 Å². The zero-order valence-electron chi connectivity index (χ0n) is 10.1. The van der Waals surface area contributed by atoms with Crippen molar-refractivity contribution in [3.8, 4) is 11.5 Å². The third-order valence-electron chi connectivity index (χ3n) is 2.67. The lowest BCUT2D eigenvalue weighted by Gasteiger charge is -2.21. The van der Waals surface area contributed by atoms with Gasteiger partial charge in [0.25, 0.3) is 5.24 Å². The van der Waals surface area contributed by atoms with Crippen LogP contribution >= 0.6 is 11.8 Å². The number of methoxy groups -OCH3 is 1. The first-order chi connectivity index (χ1) is 8.65. The summed E-state index contributed by atoms with van der Waals surface area (Å²) in [7, 11) is 1.50. The lowest BCUT2D eigenvalue weighted by Crippen LogP contribution is -2.31. The number of carbonyl (C=O) groups is 1. The number of thioether (sulfide) groups is 1. The van der Waals surface area contributed by atoms with Gasteiger partial charge >= 0.3 is 0 Å². The predicted octanol–water partition coefficient (Wildman–Crippen LogP) is 2.34. The van der Waals surface area contributed by atoms with Gasteiger partial charge in [-0.05, 0) is 24.6 Å². The second-order valence-electron chi connectivity index (χ2n) is 3.80. The molecule has 0 fully saturated rings. The number of benzene rings is 1. The topological polar surface area (TPSA) is 70.9 Å². The fourth-order valence-electron chi connectivity index (χ4n) is 1.77. The van der Waals surface area contributed by atoms with Gasteiger partial charge in [0.2, 0.25) is 0 Å². The standard InChI is InChI=1S/C12H14N2O3S/c1-3-10-11(13-14-12(16)18-10)7-4-5-9(17-2)8(15)6-7/h4-6,10,15H,3H2,1-2H3,(H,14,16). The summed E-state index contributed by atoms with van der Waals surface area (Å²) in [5.41, 5.74) is 3.99. The Kier molecular flexibility index (Phi) is 3.76. The molecule has 1 aromatic carbocycles. The number of hydrogen-bond acceptors (Lipinski definition) is 5. The van der Waals surface area contributed by atoms with Gasteiger partial charge in [-0.15, -0.1) is 0 Å². The van der Waals surface area contributed by atoms with Gasteiger partial charge in [0, 0.05) is 5.56 Å². The van der Waals surface area contributed by atoms with Gasteiger partial charge in [0.15, 0.2) is 11.5 Å². The molecule has 1 unspecified atom stereocenters. The SMILES string of the molecule is CCC1SC(=O)NN=C1c1ccc(OC)c(O)c1. The first-order valence-electron chi connectivity index (χ1n) is 5.57. The zero-order chi connectivity index (χ0) is 13.1. The van der Waals surface area contributed by atoms with E-state index in [9.17, 15) is 9.90 Å². The summed E-state index contributed by atoms with van der Waals surface area (Å²) in [6.07, 6.45) is 0.795. The number of aromatic hydroxyl groups is 1. The highest BCUT2D eigenvalue weighted by Crippen LogP contribution is 2.30. The quantitative estimate of drug-likeness (QED) is 0.881. The molecule has 1 aliphatic rings. The van der Waals surface area contributed by atoms with Crippen LogP contribution in [0.3, 0.4) is 0 Å². The number of phenols is 1. The number of ether oxygens (including phenoxy) is 1. The van der Waals surface area contributed by atoms with E-state index in [1.807, 2.05) is 13.0 Å². The molecule has 1 heterocycles. The van der Waals surface area contributed by atoms with Crippen molar-refractivity contribution in [3.63, 3.8) is 0 Å². The molecule has 2 N–H and O–H groups in total. The van der Waals surface area contributed by atoms with Crippen molar-refractivity contribution in [1.82, 2.24) is 5.43 Å². The van der Waals surface area contributed by atoms with Crippen molar-refractivity contribution in [2.24, 2.45) is 5.10 Å². The molecule has 1 amide bonds. The monoisotopic (exact) mass is 266 g/mol. The van der Waals surface area contributed by atoms with E-state index in [0.717, 1.165) is 17.7 Å². The van der Waals surface area contributed by atoms with E-state index >= 15 is 0 Å². The molecule has 0 saturated carbocycles. The summed E-state index contributed by atoms with van der Waals surface area (Å²) in [6.45, 7) is 2.00. The van der Waals surface area contributed by atoms with Crippen LogP contribution in [-0.2, 0) is 0 Å². The Hall–Kier alpha value is -1.69. The molecule has 0 bridgehead atoms. The lowest BCUT2D eigenvalue weighted by molar-refractivity contribution is 0.260. The molecule has 1 atom stereocenters. The maximum Gasteiger partial charge on any atom is 0.299 e. The van der Waals surface area contributed by atoms with E-state index < -0.39 is 0 Å². The molecule has 1 aliphatic heterocycles. The summed E-state index contributed by atoms with van der Waals surface area (Å²) in [6, 6.07) is 5.09. The molecule has 0 saturated heterocycles. The number of nitrogens with one attached hydrogen (secondary N) is 1. The average Bonchev–Trinajstić information content (AvgIpc) is 2.38. The van der Waals surface area contributed by atoms with E-state index in [-0.39, 0.29) is 16.2 Å². The molecule has 5 nitrogen and oxygen atoms in total. The Labute approximate surface area is 109 Å². The number of carbonyl (C=O) groups excluding carboxylic acids is 1. The van der Waals surface area contributed by atoms with E-state index in [4.69, 9.17) is 4.74 Å². The summed E-state index contributed by atoms with van der Waals surface area (Å²) in [5.74, 6) is 0.481. The van der Waals surface area contributed by atoms with Gasteiger partial charge in [0.1, 0.15) is 0 Å². The number of phenolic OH excluding ortho intramolecular Hbond substituents is 1. The fraction of sp³-hybridized carbons (Fsp3) is 0.333. The highest BCUT2D eigenvalue weighted by atomic mass is 32.2. The van der Waals surface area contributed by atoms with Crippen LogP contribution in [0, 0.1) is 0 Å². The van der Waals surface area contributed by atoms with Crippen molar-refractivity contribution < 1.29 is 14.6 Å². The highest BCUT2D eigenvalue weighted by Gasteiger charge is 2.25. The van der Waals surface area contributed by atoms with Crippen molar-refractivity contribution in [1.29, 1.82) is 0 Å². The highest BCUT2D eigenvalue weighted by molar-refractivity contribution is 8.14. The number of hydrogen-bond donors (Lipinski definition) is 2. The smallest absolute Gasteiger partial charge is 0.299 e. The number of hydrazone groups is 1. The van der Waals surface area contributed by atoms with E-state index in [2.05, 4.69) is 10.5 Å². The molecule has 0 aromatic heterocycles.